The van der Waals surface area contributed by atoms with E-state index in [1.165, 1.54) is 14.8 Å². The average molecular weight is 503 g/mol. The number of rotatable bonds is 4. The van der Waals surface area contributed by atoms with Crippen LogP contribution in [-0.4, -0.2) is 19.9 Å². The fourth-order valence-corrected chi connectivity index (χ4v) is 4.29. The summed E-state index contributed by atoms with van der Waals surface area (Å²) in [6.45, 7) is 17.3. The van der Waals surface area contributed by atoms with Crippen LogP contribution in [0.3, 0.4) is 0 Å². The van der Waals surface area contributed by atoms with E-state index >= 15 is 0 Å². The Kier molecular flexibility index (Phi) is 14.6. The van der Waals surface area contributed by atoms with E-state index < -0.39 is 0 Å². The lowest BCUT2D eigenvalue weighted by molar-refractivity contribution is 0.812. The zero-order valence-corrected chi connectivity index (χ0v) is 23.5. The van der Waals surface area contributed by atoms with Crippen molar-refractivity contribution in [3.05, 3.63) is 79.8 Å². The molecule has 4 aromatic heterocycles. The first-order valence-corrected chi connectivity index (χ1v) is 13.9. The van der Waals surface area contributed by atoms with Crippen molar-refractivity contribution in [2.75, 3.05) is 0 Å². The second-order valence-corrected chi connectivity index (χ2v) is 11.4. The molecule has 4 heterocycles. The molecule has 0 aliphatic rings. The van der Waals surface area contributed by atoms with Crippen molar-refractivity contribution in [3.8, 4) is 0 Å². The van der Waals surface area contributed by atoms with Crippen LogP contribution in [0.15, 0.2) is 59.4 Å². The Balaban J connectivity index is 0.000000220. The summed E-state index contributed by atoms with van der Waals surface area (Å²) < 4.78 is 0. The van der Waals surface area contributed by atoms with E-state index in [0.29, 0.717) is 23.7 Å². The topological polar surface area (TPSA) is 51.6 Å². The number of hydrogen-bond acceptors (Lipinski definition) is 7. The summed E-state index contributed by atoms with van der Waals surface area (Å²) in [4.78, 5) is 19.0. The van der Waals surface area contributed by atoms with Crippen molar-refractivity contribution < 1.29 is 0 Å². The van der Waals surface area contributed by atoms with Crippen molar-refractivity contribution in [3.63, 3.8) is 0 Å². The first kappa shape index (κ1) is 29.1. The van der Waals surface area contributed by atoms with Gasteiger partial charge in [-0.05, 0) is 29.2 Å². The summed E-state index contributed by atoms with van der Waals surface area (Å²) in [7, 11) is 0. The van der Waals surface area contributed by atoms with Gasteiger partial charge in [0, 0.05) is 52.0 Å². The van der Waals surface area contributed by atoms with E-state index in [2.05, 4.69) is 92.8 Å². The van der Waals surface area contributed by atoms with Gasteiger partial charge in [-0.2, -0.15) is 0 Å². The largest absolute Gasteiger partial charge is 0.261 e. The first-order chi connectivity index (χ1) is 15.7. The summed E-state index contributed by atoms with van der Waals surface area (Å²) in [6, 6.07) is 4.27. The van der Waals surface area contributed by atoms with E-state index in [1.807, 2.05) is 34.6 Å². The minimum absolute atomic E-state index is 0.485. The van der Waals surface area contributed by atoms with Gasteiger partial charge in [-0.3, -0.25) is 15.0 Å². The molecule has 0 saturated heterocycles. The van der Waals surface area contributed by atoms with E-state index in [-0.39, 0.29) is 0 Å². The molecular formula is C26H38N4S3. The molecule has 0 unspecified atom stereocenters. The monoisotopic (exact) mass is 502 g/mol. The normalized spacial score (nSPS) is 10.3. The highest BCUT2D eigenvalue weighted by molar-refractivity contribution is 7.10. The molecule has 0 radical (unpaired) electrons. The van der Waals surface area contributed by atoms with Crippen LogP contribution >= 0.6 is 34.0 Å². The molecule has 180 valence electrons. The summed E-state index contributed by atoms with van der Waals surface area (Å²) in [6.07, 6.45) is 8.97. The number of hydrogen-bond donors (Lipinski definition) is 0. The Hall–Kier alpha value is -1.96. The zero-order valence-electron chi connectivity index (χ0n) is 21.1. The molecule has 0 atom stereocenters. The van der Waals surface area contributed by atoms with Crippen molar-refractivity contribution in [2.45, 2.75) is 79.1 Å². The maximum atomic E-state index is 4.13. The molecule has 0 N–H and O–H groups in total. The molecule has 0 fully saturated rings. The van der Waals surface area contributed by atoms with Crippen LogP contribution in [-0.2, 0) is 0 Å². The van der Waals surface area contributed by atoms with Crippen molar-refractivity contribution in [2.24, 2.45) is 0 Å². The number of aromatic nitrogens is 4. The summed E-state index contributed by atoms with van der Waals surface area (Å²) in [5, 5.41) is 5.36. The fourth-order valence-electron chi connectivity index (χ4n) is 2.26. The third kappa shape index (κ3) is 12.8. The van der Waals surface area contributed by atoms with Crippen molar-refractivity contribution >= 4 is 34.0 Å². The molecule has 0 aliphatic carbocycles. The summed E-state index contributed by atoms with van der Waals surface area (Å²) in [5.41, 5.74) is 2.92. The number of nitrogens with zero attached hydrogens (tertiary/aromatic N) is 4. The van der Waals surface area contributed by atoms with E-state index in [1.54, 1.807) is 41.3 Å². The molecule has 0 spiro atoms. The van der Waals surface area contributed by atoms with Gasteiger partial charge in [0.2, 0.25) is 0 Å². The molecule has 0 saturated carbocycles. The lowest BCUT2D eigenvalue weighted by Gasteiger charge is -1.99. The van der Waals surface area contributed by atoms with Gasteiger partial charge in [0.1, 0.15) is 0 Å². The molecule has 33 heavy (non-hydrogen) atoms. The molecule has 4 rings (SSSR count). The van der Waals surface area contributed by atoms with Crippen LogP contribution in [0, 0.1) is 0 Å². The zero-order chi connectivity index (χ0) is 24.6. The Bertz CT molecular complexity index is 825. The van der Waals surface area contributed by atoms with Crippen LogP contribution in [0.25, 0.3) is 0 Å². The van der Waals surface area contributed by atoms with Crippen LogP contribution in [0.4, 0.5) is 0 Å². The van der Waals surface area contributed by atoms with Gasteiger partial charge in [0.15, 0.2) is 0 Å². The number of thiazole rings is 2. The van der Waals surface area contributed by atoms with Gasteiger partial charge in [0.25, 0.3) is 0 Å². The van der Waals surface area contributed by atoms with Crippen LogP contribution in [0.1, 0.15) is 99.5 Å². The molecule has 0 aromatic carbocycles. The molecule has 7 heteroatoms. The average Bonchev–Trinajstić information content (AvgIpc) is 3.59. The second-order valence-electron chi connectivity index (χ2n) is 8.54. The Morgan fingerprint density at radius 1 is 0.606 bits per heavy atom. The Morgan fingerprint density at radius 3 is 1.61 bits per heavy atom. The maximum absolute atomic E-state index is 4.13. The maximum Gasteiger partial charge on any atom is 0.0950 e. The molecular weight excluding hydrogens is 465 g/mol. The highest BCUT2D eigenvalue weighted by Crippen LogP contribution is 2.19. The van der Waals surface area contributed by atoms with Crippen molar-refractivity contribution in [1.82, 2.24) is 19.9 Å². The van der Waals surface area contributed by atoms with Crippen LogP contribution < -0.4 is 0 Å². The highest BCUT2D eigenvalue weighted by Gasteiger charge is 1.99. The minimum Gasteiger partial charge on any atom is -0.261 e. The lowest BCUT2D eigenvalue weighted by Crippen LogP contribution is -1.91. The summed E-state index contributed by atoms with van der Waals surface area (Å²) in [5.74, 6) is 2.42. The SMILES string of the molecule is CC(C)c1cccs1.CC(C)c1cnccn1.CC(C)c1cncs1.CC(C)c1nccs1. The molecule has 0 aliphatic heterocycles. The molecule has 4 nitrogen and oxygen atoms in total. The predicted octanol–water partition coefficient (Wildman–Crippen LogP) is 9.00. The molecule has 0 amide bonds. The summed E-state index contributed by atoms with van der Waals surface area (Å²) >= 11 is 5.27. The highest BCUT2D eigenvalue weighted by atomic mass is 32.1. The smallest absolute Gasteiger partial charge is 0.0950 e. The number of thiophene rings is 1. The second kappa shape index (κ2) is 16.6. The lowest BCUT2D eigenvalue weighted by atomic mass is 10.1. The fraction of sp³-hybridized carbons (Fsp3) is 0.462. The molecule has 4 aromatic rings. The van der Waals surface area contributed by atoms with Crippen LogP contribution in [0.2, 0.25) is 0 Å². The van der Waals surface area contributed by atoms with Gasteiger partial charge in [0.05, 0.1) is 16.2 Å². The van der Waals surface area contributed by atoms with E-state index in [0.717, 1.165) is 5.69 Å². The van der Waals surface area contributed by atoms with E-state index in [9.17, 15) is 0 Å². The third-order valence-electron chi connectivity index (χ3n) is 4.25. The third-order valence-corrected chi connectivity index (χ3v) is 7.58. The minimum atomic E-state index is 0.485. The van der Waals surface area contributed by atoms with Crippen LogP contribution in [0.5, 0.6) is 0 Å². The van der Waals surface area contributed by atoms with Crippen molar-refractivity contribution in [1.29, 1.82) is 0 Å². The standard InChI is InChI=1S/C7H10N2.C7H10S.2C6H9NS/c1-6(2)7-5-8-3-4-9-7;1-6(2)7-4-3-5-8-7;1-5(2)6-3-7-4-8-6;1-5(2)6-7-3-4-8-6/h3-6H,1-2H3;3-6H,1-2H3;2*3-5H,1-2H3. The Labute approximate surface area is 212 Å². The predicted molar refractivity (Wildman–Crippen MR) is 147 cm³/mol. The molecule has 0 bridgehead atoms. The van der Waals surface area contributed by atoms with E-state index in [4.69, 9.17) is 0 Å². The van der Waals surface area contributed by atoms with Gasteiger partial charge in [-0.1, -0.05) is 61.5 Å². The van der Waals surface area contributed by atoms with Gasteiger partial charge in [-0.15, -0.1) is 34.0 Å². The first-order valence-electron chi connectivity index (χ1n) is 11.3. The quantitative estimate of drug-likeness (QED) is 0.279. The van der Waals surface area contributed by atoms with Gasteiger partial charge in [-0.25, -0.2) is 4.98 Å². The Morgan fingerprint density at radius 2 is 1.33 bits per heavy atom. The van der Waals surface area contributed by atoms with Gasteiger partial charge < -0.3 is 0 Å². The van der Waals surface area contributed by atoms with Gasteiger partial charge >= 0.3 is 0 Å².